The Hall–Kier alpha value is -2.82. The van der Waals surface area contributed by atoms with Crippen molar-refractivity contribution in [2.75, 3.05) is 10.6 Å². The molecule has 2 aromatic carbocycles. The summed E-state index contributed by atoms with van der Waals surface area (Å²) in [5.74, 6) is -0.714. The summed E-state index contributed by atoms with van der Waals surface area (Å²) in [6.45, 7) is 7.81. The van der Waals surface area contributed by atoms with Gasteiger partial charge in [0.2, 0.25) is 0 Å². The van der Waals surface area contributed by atoms with E-state index < -0.39 is 11.8 Å². The number of hydrogen-bond donors (Lipinski definition) is 2. The van der Waals surface area contributed by atoms with E-state index in [0.29, 0.717) is 17.1 Å². The first-order valence-electron chi connectivity index (χ1n) is 7.81. The normalized spacial score (nSPS) is 10.4. The molecule has 0 saturated carbocycles. The first-order chi connectivity index (χ1) is 11.3. The topological polar surface area (TPSA) is 67.4 Å². The van der Waals surface area contributed by atoms with E-state index in [-0.39, 0.29) is 6.10 Å². The van der Waals surface area contributed by atoms with Gasteiger partial charge in [0.1, 0.15) is 5.75 Å². The Labute approximate surface area is 142 Å². The maximum Gasteiger partial charge on any atom is 0.314 e. The van der Waals surface area contributed by atoms with Gasteiger partial charge in [-0.05, 0) is 75.2 Å². The molecule has 2 amide bonds. The number of benzene rings is 2. The van der Waals surface area contributed by atoms with Crippen LogP contribution in [0.3, 0.4) is 0 Å². The van der Waals surface area contributed by atoms with Gasteiger partial charge in [0, 0.05) is 11.4 Å². The number of anilines is 2. The summed E-state index contributed by atoms with van der Waals surface area (Å²) in [5.41, 5.74) is 3.31. The monoisotopic (exact) mass is 326 g/mol. The third-order valence-corrected chi connectivity index (χ3v) is 3.45. The Bertz CT molecular complexity index is 737. The summed E-state index contributed by atoms with van der Waals surface area (Å²) in [6, 6.07) is 12.4. The summed E-state index contributed by atoms with van der Waals surface area (Å²) < 4.78 is 5.53. The van der Waals surface area contributed by atoms with Gasteiger partial charge in [0.15, 0.2) is 0 Å². The Balaban J connectivity index is 1.95. The van der Waals surface area contributed by atoms with Gasteiger partial charge in [-0.25, -0.2) is 0 Å². The molecule has 0 saturated heterocycles. The molecule has 2 rings (SSSR count). The molecule has 0 heterocycles. The van der Waals surface area contributed by atoms with Gasteiger partial charge in [0.25, 0.3) is 0 Å². The van der Waals surface area contributed by atoms with Crippen molar-refractivity contribution in [1.29, 1.82) is 0 Å². The third kappa shape index (κ3) is 4.84. The number of carbonyl (C=O) groups is 2. The zero-order valence-corrected chi connectivity index (χ0v) is 14.3. The summed E-state index contributed by atoms with van der Waals surface area (Å²) in [6.07, 6.45) is 0.0779. The van der Waals surface area contributed by atoms with Crippen LogP contribution in [0.2, 0.25) is 0 Å². The zero-order valence-electron chi connectivity index (χ0n) is 14.3. The highest BCUT2D eigenvalue weighted by atomic mass is 16.5. The fraction of sp³-hybridized carbons (Fsp3) is 0.263. The first-order valence-corrected chi connectivity index (χ1v) is 7.81. The number of nitrogens with one attached hydrogen (secondary N) is 2. The van der Waals surface area contributed by atoms with Crippen molar-refractivity contribution in [2.24, 2.45) is 0 Å². The van der Waals surface area contributed by atoms with E-state index in [0.717, 1.165) is 11.1 Å². The molecule has 2 aromatic rings. The van der Waals surface area contributed by atoms with Crippen LogP contribution >= 0.6 is 0 Å². The molecule has 0 spiro atoms. The van der Waals surface area contributed by atoms with Crippen LogP contribution in [0.15, 0.2) is 42.5 Å². The maximum absolute atomic E-state index is 12.0. The highest BCUT2D eigenvalue weighted by Crippen LogP contribution is 2.17. The Morgan fingerprint density at radius 1 is 0.833 bits per heavy atom. The molecule has 126 valence electrons. The van der Waals surface area contributed by atoms with Crippen LogP contribution in [-0.4, -0.2) is 17.9 Å². The molecule has 0 radical (unpaired) electrons. The van der Waals surface area contributed by atoms with E-state index in [1.165, 1.54) is 0 Å². The third-order valence-electron chi connectivity index (χ3n) is 3.45. The number of rotatable bonds is 4. The average Bonchev–Trinajstić information content (AvgIpc) is 2.52. The van der Waals surface area contributed by atoms with E-state index in [1.54, 1.807) is 30.3 Å². The summed E-state index contributed by atoms with van der Waals surface area (Å²) in [5, 5.41) is 5.15. The Morgan fingerprint density at radius 2 is 1.38 bits per heavy atom. The molecule has 2 N–H and O–H groups in total. The lowest BCUT2D eigenvalue weighted by Crippen LogP contribution is -2.29. The predicted molar refractivity (Wildman–Crippen MR) is 95.4 cm³/mol. The van der Waals surface area contributed by atoms with E-state index >= 15 is 0 Å². The second-order valence-corrected chi connectivity index (χ2v) is 5.90. The van der Waals surface area contributed by atoms with Crippen LogP contribution in [0.25, 0.3) is 0 Å². The van der Waals surface area contributed by atoms with Gasteiger partial charge in [0.05, 0.1) is 6.10 Å². The predicted octanol–water partition coefficient (Wildman–Crippen LogP) is 3.67. The molecule has 0 bridgehead atoms. The zero-order chi connectivity index (χ0) is 17.7. The molecule has 0 aromatic heterocycles. The number of carbonyl (C=O) groups excluding carboxylic acids is 2. The van der Waals surface area contributed by atoms with Crippen LogP contribution in [0.5, 0.6) is 5.75 Å². The molecule has 0 atom stereocenters. The van der Waals surface area contributed by atoms with Crippen molar-refractivity contribution in [3.63, 3.8) is 0 Å². The average molecular weight is 326 g/mol. The molecule has 0 aliphatic rings. The van der Waals surface area contributed by atoms with Crippen LogP contribution in [0.1, 0.15) is 25.0 Å². The minimum atomic E-state index is -0.717. The Kier molecular flexibility index (Phi) is 5.58. The molecular formula is C19H22N2O3. The van der Waals surface area contributed by atoms with Gasteiger partial charge in [-0.15, -0.1) is 0 Å². The van der Waals surface area contributed by atoms with Gasteiger partial charge in [-0.2, -0.15) is 0 Å². The van der Waals surface area contributed by atoms with Crippen molar-refractivity contribution in [3.8, 4) is 5.75 Å². The molecule has 5 heteroatoms. The lowest BCUT2D eigenvalue weighted by atomic mass is 10.1. The lowest BCUT2D eigenvalue weighted by molar-refractivity contribution is -0.132. The van der Waals surface area contributed by atoms with Crippen molar-refractivity contribution in [3.05, 3.63) is 53.6 Å². The number of aryl methyl sites for hydroxylation is 2. The summed E-state index contributed by atoms with van der Waals surface area (Å²) in [7, 11) is 0. The Morgan fingerprint density at radius 3 is 1.92 bits per heavy atom. The number of hydrogen-bond acceptors (Lipinski definition) is 3. The number of amides is 2. The second-order valence-electron chi connectivity index (χ2n) is 5.90. The van der Waals surface area contributed by atoms with Crippen molar-refractivity contribution >= 4 is 23.2 Å². The molecule has 0 aliphatic heterocycles. The second kappa shape index (κ2) is 7.64. The van der Waals surface area contributed by atoms with Crippen LogP contribution in [-0.2, 0) is 9.59 Å². The van der Waals surface area contributed by atoms with E-state index in [1.807, 2.05) is 39.8 Å². The summed E-state index contributed by atoms with van der Waals surface area (Å²) in [4.78, 5) is 24.0. The van der Waals surface area contributed by atoms with Crippen molar-refractivity contribution in [2.45, 2.75) is 33.8 Å². The standard InChI is InChI=1S/C19H22N2O3/c1-12(2)24-17-9-7-15(8-10-17)20-18(22)19(23)21-16-6-5-13(3)14(4)11-16/h5-12H,1-4H3,(H,20,22)(H,21,23). The van der Waals surface area contributed by atoms with Gasteiger partial charge in [-0.1, -0.05) is 6.07 Å². The van der Waals surface area contributed by atoms with Crippen LogP contribution in [0, 0.1) is 13.8 Å². The van der Waals surface area contributed by atoms with Crippen molar-refractivity contribution in [1.82, 2.24) is 0 Å². The number of ether oxygens (including phenoxy) is 1. The quantitative estimate of drug-likeness (QED) is 0.843. The van der Waals surface area contributed by atoms with Gasteiger partial charge >= 0.3 is 11.8 Å². The van der Waals surface area contributed by atoms with E-state index in [4.69, 9.17) is 4.74 Å². The molecule has 0 aliphatic carbocycles. The van der Waals surface area contributed by atoms with E-state index in [2.05, 4.69) is 10.6 Å². The smallest absolute Gasteiger partial charge is 0.314 e. The fourth-order valence-electron chi connectivity index (χ4n) is 2.08. The van der Waals surface area contributed by atoms with Gasteiger partial charge < -0.3 is 15.4 Å². The molecular weight excluding hydrogens is 304 g/mol. The van der Waals surface area contributed by atoms with E-state index in [9.17, 15) is 9.59 Å². The molecule has 24 heavy (non-hydrogen) atoms. The fourth-order valence-corrected chi connectivity index (χ4v) is 2.08. The lowest BCUT2D eigenvalue weighted by Gasteiger charge is -2.11. The van der Waals surface area contributed by atoms with Crippen LogP contribution < -0.4 is 15.4 Å². The largest absolute Gasteiger partial charge is 0.491 e. The molecule has 0 unspecified atom stereocenters. The minimum Gasteiger partial charge on any atom is -0.491 e. The van der Waals surface area contributed by atoms with Crippen LogP contribution in [0.4, 0.5) is 11.4 Å². The molecule has 5 nitrogen and oxygen atoms in total. The SMILES string of the molecule is Cc1ccc(NC(=O)C(=O)Nc2ccc(OC(C)C)cc2)cc1C. The highest BCUT2D eigenvalue weighted by molar-refractivity contribution is 6.43. The van der Waals surface area contributed by atoms with Gasteiger partial charge in [-0.3, -0.25) is 9.59 Å². The minimum absolute atomic E-state index is 0.0779. The highest BCUT2D eigenvalue weighted by Gasteiger charge is 2.14. The summed E-state index contributed by atoms with van der Waals surface area (Å²) >= 11 is 0. The van der Waals surface area contributed by atoms with Crippen molar-refractivity contribution < 1.29 is 14.3 Å². The first kappa shape index (κ1) is 17.5. The maximum atomic E-state index is 12.0. The molecule has 0 fully saturated rings.